The molecule has 0 radical (unpaired) electrons. The van der Waals surface area contributed by atoms with Crippen LogP contribution in [0.2, 0.25) is 0 Å². The molecule has 0 aliphatic rings. The highest BCUT2D eigenvalue weighted by Crippen LogP contribution is 2.31. The van der Waals surface area contributed by atoms with Gasteiger partial charge in [-0.2, -0.15) is 0 Å². The number of carboxylic acid groups (broad SMARTS) is 1. The monoisotopic (exact) mass is 235 g/mol. The Bertz CT molecular complexity index is 533. The molecule has 0 saturated heterocycles. The van der Waals surface area contributed by atoms with E-state index < -0.39 is 12.0 Å². The maximum Gasteiger partial charge on any atom is 0.320 e. The molecular formula is C12H13NO2S. The van der Waals surface area contributed by atoms with Crippen LogP contribution in [-0.2, 0) is 11.2 Å². The average molecular weight is 235 g/mol. The highest BCUT2D eigenvalue weighted by molar-refractivity contribution is 7.19. The van der Waals surface area contributed by atoms with Crippen LogP contribution in [-0.4, -0.2) is 17.1 Å². The van der Waals surface area contributed by atoms with Gasteiger partial charge in [-0.25, -0.2) is 0 Å². The summed E-state index contributed by atoms with van der Waals surface area (Å²) in [6.07, 6.45) is 0.403. The zero-order valence-corrected chi connectivity index (χ0v) is 9.75. The zero-order chi connectivity index (χ0) is 11.7. The lowest BCUT2D eigenvalue weighted by Gasteiger charge is -2.04. The van der Waals surface area contributed by atoms with E-state index >= 15 is 0 Å². The third-order valence-electron chi connectivity index (χ3n) is 2.66. The molecule has 0 aliphatic heterocycles. The van der Waals surface area contributed by atoms with E-state index in [1.165, 1.54) is 10.1 Å². The molecule has 0 aliphatic carbocycles. The topological polar surface area (TPSA) is 63.3 Å². The Morgan fingerprint density at radius 1 is 1.50 bits per heavy atom. The van der Waals surface area contributed by atoms with Gasteiger partial charge in [0.1, 0.15) is 6.04 Å². The molecule has 0 fully saturated rings. The zero-order valence-electron chi connectivity index (χ0n) is 8.93. The van der Waals surface area contributed by atoms with Crippen LogP contribution in [0.25, 0.3) is 10.1 Å². The summed E-state index contributed by atoms with van der Waals surface area (Å²) in [5.41, 5.74) is 6.70. The van der Waals surface area contributed by atoms with Crippen LogP contribution in [0, 0.1) is 6.92 Å². The van der Waals surface area contributed by atoms with E-state index in [4.69, 9.17) is 10.8 Å². The molecule has 1 heterocycles. The molecule has 3 N–H and O–H groups in total. The second kappa shape index (κ2) is 4.23. The predicted molar refractivity (Wildman–Crippen MR) is 65.9 cm³/mol. The summed E-state index contributed by atoms with van der Waals surface area (Å²) >= 11 is 1.63. The first-order valence-electron chi connectivity index (χ1n) is 5.05. The summed E-state index contributed by atoms with van der Waals surface area (Å²) in [7, 11) is 0. The van der Waals surface area contributed by atoms with Gasteiger partial charge < -0.3 is 10.8 Å². The first-order chi connectivity index (χ1) is 7.59. The minimum atomic E-state index is -0.947. The molecule has 1 aromatic carbocycles. The van der Waals surface area contributed by atoms with Crippen LogP contribution in [0.5, 0.6) is 0 Å². The van der Waals surface area contributed by atoms with E-state index in [1.54, 1.807) is 11.3 Å². The Morgan fingerprint density at radius 3 is 2.81 bits per heavy atom. The van der Waals surface area contributed by atoms with Gasteiger partial charge >= 0.3 is 5.97 Å². The number of carboxylic acids is 1. The molecule has 2 rings (SSSR count). The maximum atomic E-state index is 10.7. The van der Waals surface area contributed by atoms with E-state index in [9.17, 15) is 4.79 Å². The fourth-order valence-corrected chi connectivity index (χ4v) is 2.98. The van der Waals surface area contributed by atoms with E-state index in [2.05, 4.69) is 6.07 Å². The molecule has 0 saturated carbocycles. The Hall–Kier alpha value is -1.39. The number of aliphatic carboxylic acids is 1. The molecule has 3 nitrogen and oxygen atoms in total. The summed E-state index contributed by atoms with van der Waals surface area (Å²) in [5, 5.41) is 9.98. The largest absolute Gasteiger partial charge is 0.480 e. The Labute approximate surface area is 97.5 Å². The lowest BCUT2D eigenvalue weighted by atomic mass is 10.1. The minimum Gasteiger partial charge on any atom is -0.480 e. The van der Waals surface area contributed by atoms with Gasteiger partial charge in [-0.3, -0.25) is 4.79 Å². The van der Waals surface area contributed by atoms with Crippen LogP contribution in [0.3, 0.4) is 0 Å². The first-order valence-corrected chi connectivity index (χ1v) is 5.86. The van der Waals surface area contributed by atoms with E-state index in [1.807, 2.05) is 25.1 Å². The normalized spacial score (nSPS) is 12.9. The van der Waals surface area contributed by atoms with Gasteiger partial charge in [0, 0.05) is 16.0 Å². The molecule has 4 heteroatoms. The van der Waals surface area contributed by atoms with Gasteiger partial charge in [-0.1, -0.05) is 18.2 Å². The van der Waals surface area contributed by atoms with E-state index in [-0.39, 0.29) is 0 Å². The third kappa shape index (κ3) is 1.94. The van der Waals surface area contributed by atoms with Crippen molar-refractivity contribution in [2.45, 2.75) is 19.4 Å². The lowest BCUT2D eigenvalue weighted by Crippen LogP contribution is -2.32. The third-order valence-corrected chi connectivity index (χ3v) is 3.96. The van der Waals surface area contributed by atoms with Gasteiger partial charge in [-0.15, -0.1) is 11.3 Å². The molecule has 1 atom stereocenters. The molecule has 84 valence electrons. The second-order valence-corrected chi connectivity index (χ2v) is 4.93. The van der Waals surface area contributed by atoms with Gasteiger partial charge in [0.25, 0.3) is 0 Å². The first kappa shape index (κ1) is 11.1. The number of hydrogen-bond donors (Lipinski definition) is 2. The number of aryl methyl sites for hydroxylation is 1. The summed E-state index contributed by atoms with van der Waals surface area (Å²) in [6.45, 7) is 2.02. The highest BCUT2D eigenvalue weighted by atomic mass is 32.1. The standard InChI is InChI=1S/C12H13NO2S/c1-7-8-4-2-3-5-10(8)16-11(7)6-9(13)12(14)15/h2-5,9H,6,13H2,1H3,(H,14,15)/t9-/m0/s1. The van der Waals surface area contributed by atoms with Gasteiger partial charge in [0.2, 0.25) is 0 Å². The maximum absolute atomic E-state index is 10.7. The number of carbonyl (C=O) groups is 1. The smallest absolute Gasteiger partial charge is 0.320 e. The van der Waals surface area contributed by atoms with Crippen molar-refractivity contribution in [3.63, 3.8) is 0 Å². The number of rotatable bonds is 3. The molecule has 16 heavy (non-hydrogen) atoms. The van der Waals surface area contributed by atoms with Gasteiger partial charge in [0.05, 0.1) is 0 Å². The van der Waals surface area contributed by atoms with Crippen LogP contribution >= 0.6 is 11.3 Å². The van der Waals surface area contributed by atoms with E-state index in [0.717, 1.165) is 10.4 Å². The molecule has 1 aromatic heterocycles. The number of fused-ring (bicyclic) bond motifs is 1. The summed E-state index contributed by atoms with van der Waals surface area (Å²) in [5.74, 6) is -0.947. The van der Waals surface area contributed by atoms with Crippen molar-refractivity contribution in [3.05, 3.63) is 34.7 Å². The number of benzene rings is 1. The number of hydrogen-bond acceptors (Lipinski definition) is 3. The number of thiophene rings is 1. The molecule has 2 aromatic rings. The van der Waals surface area contributed by atoms with E-state index in [0.29, 0.717) is 6.42 Å². The van der Waals surface area contributed by atoms with Crippen molar-refractivity contribution >= 4 is 27.4 Å². The van der Waals surface area contributed by atoms with Crippen molar-refractivity contribution in [1.29, 1.82) is 0 Å². The highest BCUT2D eigenvalue weighted by Gasteiger charge is 2.16. The van der Waals surface area contributed by atoms with Crippen LogP contribution in [0.1, 0.15) is 10.4 Å². The van der Waals surface area contributed by atoms with Crippen molar-refractivity contribution < 1.29 is 9.90 Å². The minimum absolute atomic E-state index is 0.403. The van der Waals surface area contributed by atoms with Crippen molar-refractivity contribution in [3.8, 4) is 0 Å². The summed E-state index contributed by atoms with van der Waals surface area (Å²) in [4.78, 5) is 11.8. The predicted octanol–water partition coefficient (Wildman–Crippen LogP) is 2.16. The second-order valence-electron chi connectivity index (χ2n) is 3.80. The summed E-state index contributed by atoms with van der Waals surface area (Å²) < 4.78 is 1.19. The molecule has 0 bridgehead atoms. The SMILES string of the molecule is Cc1c(C[C@H](N)C(=O)O)sc2ccccc12. The molecule has 0 amide bonds. The van der Waals surface area contributed by atoms with Crippen molar-refractivity contribution in [2.75, 3.05) is 0 Å². The number of nitrogens with two attached hydrogens (primary N) is 1. The Kier molecular flexibility index (Phi) is 2.94. The van der Waals surface area contributed by atoms with Gasteiger partial charge in [0.15, 0.2) is 0 Å². The van der Waals surface area contributed by atoms with Crippen molar-refractivity contribution in [2.24, 2.45) is 5.73 Å². The Balaban J connectivity index is 2.38. The van der Waals surface area contributed by atoms with Crippen LogP contribution in [0.4, 0.5) is 0 Å². The molecule has 0 spiro atoms. The van der Waals surface area contributed by atoms with Crippen LogP contribution < -0.4 is 5.73 Å². The van der Waals surface area contributed by atoms with Gasteiger partial charge in [-0.05, 0) is 23.9 Å². The quantitative estimate of drug-likeness (QED) is 0.857. The lowest BCUT2D eigenvalue weighted by molar-refractivity contribution is -0.138. The fraction of sp³-hybridized carbons (Fsp3) is 0.250. The van der Waals surface area contributed by atoms with Crippen molar-refractivity contribution in [1.82, 2.24) is 0 Å². The summed E-state index contributed by atoms with van der Waals surface area (Å²) in [6, 6.07) is 7.26. The van der Waals surface area contributed by atoms with Crippen LogP contribution in [0.15, 0.2) is 24.3 Å². The fourth-order valence-electron chi connectivity index (χ4n) is 1.71. The molecular weight excluding hydrogens is 222 g/mol. The Morgan fingerprint density at radius 2 is 2.19 bits per heavy atom. The molecule has 0 unspecified atom stereocenters. The average Bonchev–Trinajstić information content (AvgIpc) is 2.56.